The molecule has 1 fully saturated rings. The number of rotatable bonds is 9. The lowest BCUT2D eigenvalue weighted by Crippen LogP contribution is -2.40. The molecule has 0 saturated heterocycles. The van der Waals surface area contributed by atoms with E-state index in [1.165, 1.54) is 6.07 Å². The van der Waals surface area contributed by atoms with Gasteiger partial charge < -0.3 is 20.1 Å². The Hall–Kier alpha value is -2.60. The highest BCUT2D eigenvalue weighted by Gasteiger charge is 2.44. The average molecular weight is 385 g/mol. The topological polar surface area (TPSA) is 54.9 Å². The second kappa shape index (κ2) is 9.55. The third kappa shape index (κ3) is 5.45. The van der Waals surface area contributed by atoms with Crippen molar-refractivity contribution >= 4 is 5.96 Å². The molecule has 1 aliphatic rings. The van der Waals surface area contributed by atoms with Crippen LogP contribution in [0.5, 0.6) is 5.75 Å². The van der Waals surface area contributed by atoms with E-state index in [0.29, 0.717) is 19.8 Å². The molecule has 1 saturated carbocycles. The Kier molecular flexibility index (Phi) is 6.87. The number of aliphatic imine (C=N–C) groups is 1. The number of hydrogen-bond donors (Lipinski definition) is 2. The van der Waals surface area contributed by atoms with Crippen LogP contribution in [0.1, 0.15) is 24.0 Å². The number of hydrogen-bond acceptors (Lipinski definition) is 3. The van der Waals surface area contributed by atoms with Gasteiger partial charge in [-0.1, -0.05) is 24.3 Å². The molecule has 1 aliphatic carbocycles. The summed E-state index contributed by atoms with van der Waals surface area (Å²) in [6.45, 7) is 2.51. The minimum Gasteiger partial charge on any atom is -0.491 e. The van der Waals surface area contributed by atoms with Crippen LogP contribution in [-0.4, -0.2) is 39.9 Å². The van der Waals surface area contributed by atoms with Crippen LogP contribution in [0.15, 0.2) is 53.5 Å². The van der Waals surface area contributed by atoms with Crippen molar-refractivity contribution in [3.8, 4) is 5.75 Å². The number of ether oxygens (including phenoxy) is 2. The largest absolute Gasteiger partial charge is 0.491 e. The Bertz CT molecular complexity index is 789. The predicted octanol–water partition coefficient (Wildman–Crippen LogP) is 3.25. The van der Waals surface area contributed by atoms with Gasteiger partial charge in [0.2, 0.25) is 0 Å². The van der Waals surface area contributed by atoms with Crippen molar-refractivity contribution in [1.82, 2.24) is 10.6 Å². The minimum atomic E-state index is -0.180. The molecule has 0 aromatic heterocycles. The highest BCUT2D eigenvalue weighted by Crippen LogP contribution is 2.47. The summed E-state index contributed by atoms with van der Waals surface area (Å²) in [5, 5.41) is 6.71. The van der Waals surface area contributed by atoms with E-state index in [2.05, 4.69) is 15.6 Å². The van der Waals surface area contributed by atoms with Crippen LogP contribution in [0, 0.1) is 5.82 Å². The molecule has 2 N–H and O–H groups in total. The summed E-state index contributed by atoms with van der Waals surface area (Å²) in [5.74, 6) is 1.39. The summed E-state index contributed by atoms with van der Waals surface area (Å²) in [4.78, 5) is 4.29. The van der Waals surface area contributed by atoms with E-state index in [9.17, 15) is 4.39 Å². The molecular weight excluding hydrogens is 357 g/mol. The number of nitrogens with zero attached hydrogens (tertiary/aromatic N) is 1. The van der Waals surface area contributed by atoms with Crippen LogP contribution < -0.4 is 15.4 Å². The van der Waals surface area contributed by atoms with Crippen molar-refractivity contribution in [3.05, 3.63) is 65.5 Å². The molecule has 150 valence electrons. The first-order valence-corrected chi connectivity index (χ1v) is 9.56. The maximum atomic E-state index is 13.5. The van der Waals surface area contributed by atoms with E-state index in [1.54, 1.807) is 26.3 Å². The first kappa shape index (κ1) is 20.1. The van der Waals surface area contributed by atoms with E-state index < -0.39 is 0 Å². The lowest BCUT2D eigenvalue weighted by Gasteiger charge is -2.19. The van der Waals surface area contributed by atoms with Crippen LogP contribution in [0.3, 0.4) is 0 Å². The van der Waals surface area contributed by atoms with Gasteiger partial charge in [0.1, 0.15) is 18.2 Å². The second-order valence-corrected chi connectivity index (χ2v) is 7.06. The summed E-state index contributed by atoms with van der Waals surface area (Å²) in [7, 11) is 3.41. The molecule has 0 radical (unpaired) electrons. The molecule has 6 heteroatoms. The smallest absolute Gasteiger partial charge is 0.191 e. The van der Waals surface area contributed by atoms with Crippen LogP contribution >= 0.6 is 0 Å². The van der Waals surface area contributed by atoms with E-state index in [0.717, 1.165) is 42.2 Å². The number of benzene rings is 2. The lowest BCUT2D eigenvalue weighted by atomic mass is 9.96. The first-order valence-electron chi connectivity index (χ1n) is 9.56. The summed E-state index contributed by atoms with van der Waals surface area (Å²) in [5.41, 5.74) is 2.20. The Balaban J connectivity index is 1.47. The van der Waals surface area contributed by atoms with Gasteiger partial charge in [-0.25, -0.2) is 4.39 Å². The molecule has 2 aromatic carbocycles. The zero-order valence-electron chi connectivity index (χ0n) is 16.5. The van der Waals surface area contributed by atoms with Gasteiger partial charge in [-0.3, -0.25) is 4.99 Å². The molecule has 28 heavy (non-hydrogen) atoms. The number of methoxy groups -OCH3 is 1. The maximum Gasteiger partial charge on any atom is 0.191 e. The van der Waals surface area contributed by atoms with E-state index in [-0.39, 0.29) is 11.2 Å². The monoisotopic (exact) mass is 385 g/mol. The fourth-order valence-corrected chi connectivity index (χ4v) is 3.14. The van der Waals surface area contributed by atoms with Gasteiger partial charge in [0.25, 0.3) is 0 Å². The van der Waals surface area contributed by atoms with Crippen molar-refractivity contribution in [3.63, 3.8) is 0 Å². The Morgan fingerprint density at radius 3 is 2.54 bits per heavy atom. The Labute approximate surface area is 166 Å². The van der Waals surface area contributed by atoms with E-state index >= 15 is 0 Å². The third-order valence-corrected chi connectivity index (χ3v) is 5.05. The van der Waals surface area contributed by atoms with Gasteiger partial charge >= 0.3 is 0 Å². The zero-order chi connectivity index (χ0) is 19.8. The molecule has 0 unspecified atom stereocenters. The predicted molar refractivity (Wildman–Crippen MR) is 109 cm³/mol. The molecule has 5 nitrogen and oxygen atoms in total. The highest BCUT2D eigenvalue weighted by molar-refractivity contribution is 5.79. The van der Waals surface area contributed by atoms with E-state index in [1.807, 2.05) is 30.3 Å². The molecule has 0 aliphatic heterocycles. The first-order chi connectivity index (χ1) is 13.6. The Morgan fingerprint density at radius 1 is 1.11 bits per heavy atom. The van der Waals surface area contributed by atoms with E-state index in [4.69, 9.17) is 9.47 Å². The van der Waals surface area contributed by atoms with Crippen molar-refractivity contribution in [1.29, 1.82) is 0 Å². The number of nitrogens with one attached hydrogen (secondary N) is 2. The molecule has 0 spiro atoms. The molecule has 0 bridgehead atoms. The van der Waals surface area contributed by atoms with Crippen molar-refractivity contribution in [2.24, 2.45) is 4.99 Å². The van der Waals surface area contributed by atoms with Crippen LogP contribution in [0.25, 0.3) is 0 Å². The zero-order valence-corrected chi connectivity index (χ0v) is 16.5. The van der Waals surface area contributed by atoms with Crippen LogP contribution in [0.2, 0.25) is 0 Å². The molecule has 3 rings (SSSR count). The maximum absolute atomic E-state index is 13.5. The van der Waals surface area contributed by atoms with Gasteiger partial charge in [0, 0.05) is 32.7 Å². The molecular formula is C22H28FN3O2. The SMILES string of the molecule is CN=C(NCc1ccc(OCCOC)cc1)NCC1(c2cccc(F)c2)CC1. The summed E-state index contributed by atoms with van der Waals surface area (Å²) in [6, 6.07) is 14.9. The van der Waals surface area contributed by atoms with Crippen molar-refractivity contribution in [2.75, 3.05) is 33.9 Å². The molecule has 0 atom stereocenters. The summed E-state index contributed by atoms with van der Waals surface area (Å²) in [6.07, 6.45) is 2.12. The second-order valence-electron chi connectivity index (χ2n) is 7.06. The number of guanidine groups is 1. The minimum absolute atomic E-state index is 0.0148. The van der Waals surface area contributed by atoms with Gasteiger partial charge in [0.15, 0.2) is 5.96 Å². The van der Waals surface area contributed by atoms with Gasteiger partial charge in [-0.15, -0.1) is 0 Å². The van der Waals surface area contributed by atoms with Crippen molar-refractivity contribution in [2.45, 2.75) is 24.8 Å². The molecule has 2 aromatic rings. The molecule has 0 amide bonds. The fraction of sp³-hybridized carbons (Fsp3) is 0.409. The van der Waals surface area contributed by atoms with Crippen molar-refractivity contribution < 1.29 is 13.9 Å². The lowest BCUT2D eigenvalue weighted by molar-refractivity contribution is 0.146. The third-order valence-electron chi connectivity index (χ3n) is 5.05. The Morgan fingerprint density at radius 2 is 1.89 bits per heavy atom. The molecule has 0 heterocycles. The van der Waals surface area contributed by atoms with Crippen LogP contribution in [-0.2, 0) is 16.7 Å². The highest BCUT2D eigenvalue weighted by atomic mass is 19.1. The van der Waals surface area contributed by atoms with Crippen LogP contribution in [0.4, 0.5) is 4.39 Å². The normalized spacial score (nSPS) is 15.2. The average Bonchev–Trinajstić information content (AvgIpc) is 3.51. The van der Waals surface area contributed by atoms with Gasteiger partial charge in [0.05, 0.1) is 6.61 Å². The number of halogens is 1. The summed E-state index contributed by atoms with van der Waals surface area (Å²) >= 11 is 0. The van der Waals surface area contributed by atoms with Gasteiger partial charge in [-0.2, -0.15) is 0 Å². The standard InChI is InChI=1S/C22H28FN3O2/c1-24-21(25-15-17-6-8-20(9-7-17)28-13-12-27-2)26-16-22(10-11-22)18-4-3-5-19(23)14-18/h3-9,14H,10-13,15-16H2,1-2H3,(H2,24,25,26). The fourth-order valence-electron chi connectivity index (χ4n) is 3.14. The summed E-state index contributed by atoms with van der Waals surface area (Å²) < 4.78 is 24.1. The van der Waals surface area contributed by atoms with Gasteiger partial charge in [-0.05, 0) is 48.2 Å². The quantitative estimate of drug-likeness (QED) is 0.395.